The average molecular weight is 228 g/mol. The molecule has 0 saturated heterocycles. The number of hydrogen-bond donors (Lipinski definition) is 0. The van der Waals surface area contributed by atoms with Crippen LogP contribution in [0.3, 0.4) is 0 Å². The van der Waals surface area contributed by atoms with Gasteiger partial charge in [0.25, 0.3) is 0 Å². The smallest absolute Gasteiger partial charge is 0.338 e. The lowest BCUT2D eigenvalue weighted by molar-refractivity contribution is -0.150. The molecule has 0 N–H and O–H groups in total. The Morgan fingerprint density at radius 2 is 1.41 bits per heavy atom. The molecule has 17 heavy (non-hydrogen) atoms. The highest BCUT2D eigenvalue weighted by atomic mass is 16.6. The van der Waals surface area contributed by atoms with Crippen LogP contribution in [0.2, 0.25) is 0 Å². The quantitative estimate of drug-likeness (QED) is 0.457. The molecule has 82 valence electrons. The molecule has 0 atom stereocenters. The molecule has 0 spiro atoms. The molecule has 1 aliphatic rings. The minimum Gasteiger partial charge on any atom is -0.387 e. The third-order valence-electron chi connectivity index (χ3n) is 1.47. The second kappa shape index (κ2) is 6.35. The predicted molar refractivity (Wildman–Crippen MR) is 49.7 cm³/mol. The first-order valence-electron chi connectivity index (χ1n) is 4.08. The summed E-state index contributed by atoms with van der Waals surface area (Å²) in [4.78, 5) is 19.8. The second-order valence-electron chi connectivity index (χ2n) is 2.65. The minimum absolute atomic E-state index is 0.365. The molecule has 0 aromatic heterocycles. The summed E-state index contributed by atoms with van der Waals surface area (Å²) >= 11 is 0. The number of esters is 2. The molecule has 0 radical (unpaired) electrons. The van der Waals surface area contributed by atoms with Crippen LogP contribution in [-0.4, -0.2) is 11.9 Å². The van der Waals surface area contributed by atoms with Gasteiger partial charge in [0.05, 0.1) is 12.5 Å². The zero-order valence-electron chi connectivity index (χ0n) is 8.38. The number of nitriles is 4. The van der Waals surface area contributed by atoms with Gasteiger partial charge >= 0.3 is 11.9 Å². The highest BCUT2D eigenvalue weighted by Gasteiger charge is 2.29. The predicted octanol–water partition coefficient (Wildman–Crippen LogP) is 0.0832. The maximum absolute atomic E-state index is 9.92. The Labute approximate surface area is 96.3 Å². The fourth-order valence-electron chi connectivity index (χ4n) is 0.615. The van der Waals surface area contributed by atoms with Crippen molar-refractivity contribution in [2.75, 3.05) is 0 Å². The molecule has 0 fully saturated rings. The van der Waals surface area contributed by atoms with Gasteiger partial charge in [0.1, 0.15) is 18.2 Å². The summed E-state index contributed by atoms with van der Waals surface area (Å²) in [7, 11) is 0. The lowest BCUT2D eigenvalue weighted by atomic mass is 9.91. The van der Waals surface area contributed by atoms with E-state index >= 15 is 0 Å². The van der Waals surface area contributed by atoms with E-state index in [2.05, 4.69) is 4.74 Å². The summed E-state index contributed by atoms with van der Waals surface area (Å²) in [6, 6.07) is 6.01. The molecule has 0 aromatic carbocycles. The Kier molecular flexibility index (Phi) is 5.17. The van der Waals surface area contributed by atoms with E-state index < -0.39 is 17.4 Å². The van der Waals surface area contributed by atoms with E-state index in [0.717, 1.165) is 12.2 Å². The number of rotatable bonds is 1. The van der Waals surface area contributed by atoms with Crippen LogP contribution in [-0.2, 0) is 14.3 Å². The van der Waals surface area contributed by atoms with Crippen molar-refractivity contribution in [3.63, 3.8) is 0 Å². The fourth-order valence-corrected chi connectivity index (χ4v) is 0.615. The second-order valence-corrected chi connectivity index (χ2v) is 2.65. The summed E-state index contributed by atoms with van der Waals surface area (Å²) in [5.41, 5.74) is -1.77. The van der Waals surface area contributed by atoms with E-state index in [0.29, 0.717) is 0 Å². The van der Waals surface area contributed by atoms with Crippen molar-refractivity contribution in [1.82, 2.24) is 0 Å². The van der Waals surface area contributed by atoms with E-state index in [-0.39, 0.29) is 6.42 Å². The zero-order chi connectivity index (χ0) is 13.3. The normalized spacial score (nSPS) is 12.0. The Bertz CT molecular complexity index is 470. The van der Waals surface area contributed by atoms with Gasteiger partial charge in [0.15, 0.2) is 0 Å². The van der Waals surface area contributed by atoms with Gasteiger partial charge in [-0.3, -0.25) is 0 Å². The molecule has 0 unspecified atom stereocenters. The molecular formula is C10H4N4O3. The SMILES string of the molecule is N#CCC(C#N)(C#N)C#N.O=C1C=CC(=O)O1. The van der Waals surface area contributed by atoms with Gasteiger partial charge in [-0.05, 0) is 0 Å². The highest BCUT2D eigenvalue weighted by molar-refractivity contribution is 6.04. The van der Waals surface area contributed by atoms with Gasteiger partial charge in [-0.1, -0.05) is 0 Å². The van der Waals surface area contributed by atoms with E-state index in [1.807, 2.05) is 0 Å². The first-order chi connectivity index (χ1) is 8.03. The number of carbonyl (C=O) groups is 2. The summed E-state index contributed by atoms with van der Waals surface area (Å²) in [5, 5.41) is 32.9. The van der Waals surface area contributed by atoms with Gasteiger partial charge < -0.3 is 4.74 Å². The van der Waals surface area contributed by atoms with Crippen molar-refractivity contribution in [3.05, 3.63) is 12.2 Å². The molecule has 7 nitrogen and oxygen atoms in total. The van der Waals surface area contributed by atoms with Crippen LogP contribution in [0, 0.1) is 50.7 Å². The molecule has 7 heteroatoms. The van der Waals surface area contributed by atoms with Crippen molar-refractivity contribution >= 4 is 11.9 Å². The Balaban J connectivity index is 0.000000318. The van der Waals surface area contributed by atoms with Crippen molar-refractivity contribution in [2.45, 2.75) is 6.42 Å². The molecule has 0 saturated carbocycles. The van der Waals surface area contributed by atoms with Crippen LogP contribution in [0.5, 0.6) is 0 Å². The van der Waals surface area contributed by atoms with Crippen LogP contribution < -0.4 is 0 Å². The van der Waals surface area contributed by atoms with Crippen molar-refractivity contribution in [2.24, 2.45) is 5.41 Å². The van der Waals surface area contributed by atoms with Crippen molar-refractivity contribution in [1.29, 1.82) is 21.0 Å². The van der Waals surface area contributed by atoms with Gasteiger partial charge in [0, 0.05) is 12.2 Å². The van der Waals surface area contributed by atoms with Crippen molar-refractivity contribution < 1.29 is 14.3 Å². The Hall–Kier alpha value is -3.16. The zero-order valence-corrected chi connectivity index (χ0v) is 8.38. The summed E-state index contributed by atoms with van der Waals surface area (Å²) in [5.74, 6) is -1.16. The van der Waals surface area contributed by atoms with Crippen LogP contribution in [0.25, 0.3) is 0 Å². The molecule has 0 bridgehead atoms. The molecule has 0 aliphatic carbocycles. The number of hydrogen-bond acceptors (Lipinski definition) is 7. The lowest BCUT2D eigenvalue weighted by Crippen LogP contribution is -2.11. The molecule has 1 heterocycles. The lowest BCUT2D eigenvalue weighted by Gasteiger charge is -1.99. The van der Waals surface area contributed by atoms with Crippen LogP contribution in [0.1, 0.15) is 6.42 Å². The molecular weight excluding hydrogens is 224 g/mol. The highest BCUT2D eigenvalue weighted by Crippen LogP contribution is 2.16. The average Bonchev–Trinajstić information content (AvgIpc) is 2.71. The maximum Gasteiger partial charge on any atom is 0.338 e. The topological polar surface area (TPSA) is 139 Å². The molecule has 1 rings (SSSR count). The minimum atomic E-state index is -1.77. The van der Waals surface area contributed by atoms with E-state index in [9.17, 15) is 9.59 Å². The number of cyclic esters (lactones) is 2. The first-order valence-corrected chi connectivity index (χ1v) is 4.08. The first kappa shape index (κ1) is 13.8. The number of nitrogens with zero attached hydrogens (tertiary/aromatic N) is 4. The van der Waals surface area contributed by atoms with Gasteiger partial charge in [-0.2, -0.15) is 21.0 Å². The maximum atomic E-state index is 9.92. The molecule has 0 amide bonds. The summed E-state index contributed by atoms with van der Waals surface area (Å²) in [6.45, 7) is 0. The van der Waals surface area contributed by atoms with Crippen LogP contribution in [0.15, 0.2) is 12.2 Å². The van der Waals surface area contributed by atoms with E-state index in [4.69, 9.17) is 21.0 Å². The Morgan fingerprint density at radius 1 is 1.00 bits per heavy atom. The third kappa shape index (κ3) is 4.25. The number of ether oxygens (including phenoxy) is 1. The van der Waals surface area contributed by atoms with E-state index in [1.54, 1.807) is 6.07 Å². The van der Waals surface area contributed by atoms with Crippen LogP contribution >= 0.6 is 0 Å². The van der Waals surface area contributed by atoms with E-state index in [1.165, 1.54) is 18.2 Å². The molecule has 0 aromatic rings. The monoisotopic (exact) mass is 228 g/mol. The third-order valence-corrected chi connectivity index (χ3v) is 1.47. The fraction of sp³-hybridized carbons (Fsp3) is 0.200. The van der Waals surface area contributed by atoms with Gasteiger partial charge in [-0.15, -0.1) is 0 Å². The van der Waals surface area contributed by atoms with Gasteiger partial charge in [-0.25, -0.2) is 9.59 Å². The number of carbonyl (C=O) groups excluding carboxylic acids is 2. The standard InChI is InChI=1S/C6H2N4.C4H2O3/c7-2-1-6(3-8,4-9)5-10;5-3-1-2-4(6)7-3/h1H2;1-2H. The molecule has 1 aliphatic heterocycles. The van der Waals surface area contributed by atoms with Crippen molar-refractivity contribution in [3.8, 4) is 24.3 Å². The van der Waals surface area contributed by atoms with Gasteiger partial charge in [0.2, 0.25) is 5.41 Å². The largest absolute Gasteiger partial charge is 0.387 e. The summed E-state index contributed by atoms with van der Waals surface area (Å²) < 4.78 is 3.97. The Morgan fingerprint density at radius 3 is 1.53 bits per heavy atom. The summed E-state index contributed by atoms with van der Waals surface area (Å²) in [6.07, 6.45) is 1.81. The van der Waals surface area contributed by atoms with Crippen LogP contribution in [0.4, 0.5) is 0 Å².